The molecule has 3 rings (SSSR count). The minimum absolute atomic E-state index is 0.0679. The highest BCUT2D eigenvalue weighted by molar-refractivity contribution is 8.00. The van der Waals surface area contributed by atoms with Crippen LogP contribution in [0.2, 0.25) is 0 Å². The highest BCUT2D eigenvalue weighted by Crippen LogP contribution is 2.25. The van der Waals surface area contributed by atoms with Gasteiger partial charge >= 0.3 is 0 Å². The van der Waals surface area contributed by atoms with Gasteiger partial charge in [-0.3, -0.25) is 4.79 Å². The summed E-state index contributed by atoms with van der Waals surface area (Å²) in [6.45, 7) is 2.05. The minimum atomic E-state index is -0.0679. The van der Waals surface area contributed by atoms with Crippen LogP contribution in [0.1, 0.15) is 5.56 Å². The van der Waals surface area contributed by atoms with Gasteiger partial charge in [0.2, 0.25) is 5.91 Å². The van der Waals surface area contributed by atoms with Crippen LogP contribution in [-0.4, -0.2) is 16.6 Å². The Bertz CT molecular complexity index is 826. The fraction of sp³-hybridized carbons (Fsp3) is 0.111. The molecule has 0 fully saturated rings. The van der Waals surface area contributed by atoms with Gasteiger partial charge < -0.3 is 11.1 Å². The molecule has 0 bridgehead atoms. The number of thiazole rings is 1. The zero-order valence-electron chi connectivity index (χ0n) is 13.2. The number of carbonyl (C=O) groups is 1. The molecule has 4 nitrogen and oxygen atoms in total. The van der Waals surface area contributed by atoms with Crippen molar-refractivity contribution in [3.63, 3.8) is 0 Å². The topological polar surface area (TPSA) is 68.0 Å². The van der Waals surface area contributed by atoms with Gasteiger partial charge in [0, 0.05) is 21.5 Å². The number of carbonyl (C=O) groups excluding carboxylic acids is 1. The zero-order chi connectivity index (χ0) is 16.9. The molecular weight excluding hydrogens is 338 g/mol. The summed E-state index contributed by atoms with van der Waals surface area (Å²) in [6.07, 6.45) is 0. The quantitative estimate of drug-likeness (QED) is 0.525. The molecule has 1 amide bonds. The Balaban J connectivity index is 1.57. The minimum Gasteiger partial charge on any atom is -0.399 e. The molecule has 122 valence electrons. The predicted octanol–water partition coefficient (Wildman–Crippen LogP) is 4.43. The summed E-state index contributed by atoms with van der Waals surface area (Å²) in [5.41, 5.74) is 9.50. The Hall–Kier alpha value is -2.31. The maximum atomic E-state index is 12.1. The van der Waals surface area contributed by atoms with Crippen molar-refractivity contribution in [2.24, 2.45) is 0 Å². The molecule has 0 aliphatic rings. The number of aryl methyl sites for hydroxylation is 1. The lowest BCUT2D eigenvalue weighted by atomic mass is 10.1. The maximum absolute atomic E-state index is 12.1. The normalized spacial score (nSPS) is 10.5. The van der Waals surface area contributed by atoms with Crippen molar-refractivity contribution in [1.82, 2.24) is 4.98 Å². The molecule has 1 heterocycles. The summed E-state index contributed by atoms with van der Waals surface area (Å²) in [7, 11) is 0. The number of nitrogens with one attached hydrogen (secondary N) is 1. The number of hydrogen-bond acceptors (Lipinski definition) is 5. The van der Waals surface area contributed by atoms with Crippen LogP contribution < -0.4 is 11.1 Å². The van der Waals surface area contributed by atoms with Crippen LogP contribution in [0.15, 0.2) is 58.8 Å². The van der Waals surface area contributed by atoms with Crippen LogP contribution in [0.5, 0.6) is 0 Å². The summed E-state index contributed by atoms with van der Waals surface area (Å²) in [6, 6.07) is 15.6. The van der Waals surface area contributed by atoms with Gasteiger partial charge in [0.25, 0.3) is 0 Å². The molecule has 0 spiro atoms. The second kappa shape index (κ2) is 7.51. The third kappa shape index (κ3) is 4.37. The lowest BCUT2D eigenvalue weighted by Gasteiger charge is -2.02. The lowest BCUT2D eigenvalue weighted by Crippen LogP contribution is -2.13. The molecule has 3 aromatic rings. The Kier molecular flexibility index (Phi) is 5.17. The van der Waals surface area contributed by atoms with E-state index in [1.165, 1.54) is 28.7 Å². The van der Waals surface area contributed by atoms with E-state index in [0.29, 0.717) is 10.9 Å². The number of thioether (sulfide) groups is 1. The van der Waals surface area contributed by atoms with Crippen molar-refractivity contribution in [3.05, 3.63) is 59.5 Å². The molecule has 0 aliphatic heterocycles. The summed E-state index contributed by atoms with van der Waals surface area (Å²) < 4.78 is 0. The average Bonchev–Trinajstić information content (AvgIpc) is 3.03. The first-order valence-corrected chi connectivity index (χ1v) is 9.27. The first-order chi connectivity index (χ1) is 11.6. The monoisotopic (exact) mass is 355 g/mol. The van der Waals surface area contributed by atoms with Crippen molar-refractivity contribution >= 4 is 39.8 Å². The van der Waals surface area contributed by atoms with Crippen molar-refractivity contribution in [2.75, 3.05) is 16.8 Å². The van der Waals surface area contributed by atoms with E-state index in [1.807, 2.05) is 41.8 Å². The number of nitrogens with zero attached hydrogens (tertiary/aromatic N) is 1. The van der Waals surface area contributed by atoms with Gasteiger partial charge in [0.1, 0.15) is 0 Å². The second-order valence-corrected chi connectivity index (χ2v) is 7.22. The fourth-order valence-corrected chi connectivity index (χ4v) is 3.49. The lowest BCUT2D eigenvalue weighted by molar-refractivity contribution is -0.113. The summed E-state index contributed by atoms with van der Waals surface area (Å²) in [5, 5.41) is 5.42. The largest absolute Gasteiger partial charge is 0.399 e. The Labute approximate surface area is 149 Å². The third-order valence-electron chi connectivity index (χ3n) is 3.35. The van der Waals surface area contributed by atoms with Gasteiger partial charge in [0.15, 0.2) is 5.13 Å². The molecule has 2 aromatic carbocycles. The summed E-state index contributed by atoms with van der Waals surface area (Å²) in [5.74, 6) is 0.269. The van der Waals surface area contributed by atoms with Crippen LogP contribution in [0.25, 0.3) is 11.3 Å². The number of amides is 1. The van der Waals surface area contributed by atoms with E-state index < -0.39 is 0 Å². The van der Waals surface area contributed by atoms with E-state index in [0.717, 1.165) is 21.8 Å². The molecule has 3 N–H and O–H groups in total. The van der Waals surface area contributed by atoms with Crippen LogP contribution in [0.4, 0.5) is 10.8 Å². The third-order valence-corrected chi connectivity index (χ3v) is 5.12. The van der Waals surface area contributed by atoms with Crippen LogP contribution in [0, 0.1) is 6.92 Å². The second-order valence-electron chi connectivity index (χ2n) is 5.31. The van der Waals surface area contributed by atoms with E-state index in [1.54, 1.807) is 0 Å². The Morgan fingerprint density at radius 3 is 2.58 bits per heavy atom. The molecule has 0 radical (unpaired) electrons. The van der Waals surface area contributed by atoms with Crippen LogP contribution in [-0.2, 0) is 4.79 Å². The zero-order valence-corrected chi connectivity index (χ0v) is 14.8. The fourth-order valence-electron chi connectivity index (χ4n) is 2.06. The molecule has 0 atom stereocenters. The predicted molar refractivity (Wildman–Crippen MR) is 102 cm³/mol. The molecule has 0 aliphatic carbocycles. The van der Waals surface area contributed by atoms with E-state index >= 15 is 0 Å². The molecular formula is C18H17N3OS2. The first-order valence-electron chi connectivity index (χ1n) is 7.41. The number of nitrogen functional groups attached to an aromatic ring is 1. The number of benzene rings is 2. The van der Waals surface area contributed by atoms with Crippen molar-refractivity contribution < 1.29 is 4.79 Å². The molecule has 6 heteroatoms. The molecule has 0 saturated heterocycles. The van der Waals surface area contributed by atoms with Crippen molar-refractivity contribution in [3.8, 4) is 11.3 Å². The van der Waals surface area contributed by atoms with E-state index in [4.69, 9.17) is 5.73 Å². The Morgan fingerprint density at radius 2 is 1.88 bits per heavy atom. The number of nitrogens with two attached hydrogens (primary N) is 1. The summed E-state index contributed by atoms with van der Waals surface area (Å²) in [4.78, 5) is 17.5. The number of rotatable bonds is 5. The van der Waals surface area contributed by atoms with Crippen LogP contribution >= 0.6 is 23.1 Å². The number of anilines is 2. The van der Waals surface area contributed by atoms with Crippen molar-refractivity contribution in [2.45, 2.75) is 11.8 Å². The average molecular weight is 355 g/mol. The van der Waals surface area contributed by atoms with Gasteiger partial charge in [-0.1, -0.05) is 29.8 Å². The van der Waals surface area contributed by atoms with Gasteiger partial charge in [-0.15, -0.1) is 23.1 Å². The number of hydrogen-bond donors (Lipinski definition) is 2. The molecule has 0 unspecified atom stereocenters. The van der Waals surface area contributed by atoms with Gasteiger partial charge in [0.05, 0.1) is 11.4 Å². The number of aromatic nitrogens is 1. The maximum Gasteiger partial charge on any atom is 0.236 e. The van der Waals surface area contributed by atoms with Gasteiger partial charge in [-0.2, -0.15) is 0 Å². The van der Waals surface area contributed by atoms with Gasteiger partial charge in [-0.25, -0.2) is 4.98 Å². The molecule has 0 saturated carbocycles. The van der Waals surface area contributed by atoms with E-state index in [2.05, 4.69) is 29.4 Å². The SMILES string of the molecule is Cc1ccc(-c2csc(NC(=O)CSc3ccc(N)cc3)n2)cc1. The highest BCUT2D eigenvalue weighted by Gasteiger charge is 2.08. The molecule has 24 heavy (non-hydrogen) atoms. The summed E-state index contributed by atoms with van der Waals surface area (Å²) >= 11 is 2.90. The first kappa shape index (κ1) is 16.5. The standard InChI is InChI=1S/C18H17N3OS2/c1-12-2-4-13(5-3-12)16-10-24-18(20-16)21-17(22)11-23-15-8-6-14(19)7-9-15/h2-10H,11,19H2,1H3,(H,20,21,22). The molecule has 1 aromatic heterocycles. The highest BCUT2D eigenvalue weighted by atomic mass is 32.2. The smallest absolute Gasteiger partial charge is 0.236 e. The van der Waals surface area contributed by atoms with Gasteiger partial charge in [-0.05, 0) is 31.2 Å². The van der Waals surface area contributed by atoms with E-state index in [9.17, 15) is 4.79 Å². The van der Waals surface area contributed by atoms with E-state index in [-0.39, 0.29) is 5.91 Å². The Morgan fingerprint density at radius 1 is 1.17 bits per heavy atom. The van der Waals surface area contributed by atoms with Crippen molar-refractivity contribution in [1.29, 1.82) is 0 Å². The van der Waals surface area contributed by atoms with Crippen LogP contribution in [0.3, 0.4) is 0 Å².